The Labute approximate surface area is 118 Å². The van der Waals surface area contributed by atoms with Gasteiger partial charge in [0.1, 0.15) is 0 Å². The number of hydrogen-bond acceptors (Lipinski definition) is 5. The van der Waals surface area contributed by atoms with Gasteiger partial charge in [-0.15, -0.1) is 11.8 Å². The Morgan fingerprint density at radius 1 is 1.44 bits per heavy atom. The fraction of sp³-hybridized carbons (Fsp3) is 0.333. The molecular weight excluding hydrogens is 314 g/mol. The van der Waals surface area contributed by atoms with Crippen molar-refractivity contribution in [2.75, 3.05) is 5.73 Å². The van der Waals surface area contributed by atoms with Gasteiger partial charge in [-0.1, -0.05) is 19.0 Å². The summed E-state index contributed by atoms with van der Waals surface area (Å²) in [7, 11) is 0. The first kappa shape index (κ1) is 13.4. The maximum Gasteiger partial charge on any atom is 0.229 e. The summed E-state index contributed by atoms with van der Waals surface area (Å²) >= 11 is 5.13. The molecule has 0 unspecified atom stereocenters. The summed E-state index contributed by atoms with van der Waals surface area (Å²) in [4.78, 5) is 5.44. The van der Waals surface area contributed by atoms with E-state index in [0.717, 1.165) is 15.1 Å². The molecule has 0 amide bonds. The summed E-state index contributed by atoms with van der Waals surface area (Å²) in [6.07, 6.45) is 0. The van der Waals surface area contributed by atoms with Crippen molar-refractivity contribution in [2.24, 2.45) is 0 Å². The molecule has 18 heavy (non-hydrogen) atoms. The van der Waals surface area contributed by atoms with Gasteiger partial charge in [0.05, 0.1) is 5.75 Å². The number of nitrogens with two attached hydrogens (primary N) is 1. The zero-order valence-corrected chi connectivity index (χ0v) is 12.6. The van der Waals surface area contributed by atoms with E-state index in [9.17, 15) is 0 Å². The largest absolute Gasteiger partial charge is 0.399 e. The van der Waals surface area contributed by atoms with Crippen molar-refractivity contribution >= 4 is 33.4 Å². The lowest BCUT2D eigenvalue weighted by molar-refractivity contribution is 0.362. The molecule has 0 saturated heterocycles. The average molecular weight is 328 g/mol. The van der Waals surface area contributed by atoms with Gasteiger partial charge in [0.15, 0.2) is 5.82 Å². The number of hydrogen-bond donors (Lipinski definition) is 1. The van der Waals surface area contributed by atoms with Gasteiger partial charge in [0.25, 0.3) is 0 Å². The second kappa shape index (κ2) is 5.75. The molecule has 1 aromatic heterocycles. The molecule has 0 saturated carbocycles. The van der Waals surface area contributed by atoms with Crippen molar-refractivity contribution < 1.29 is 4.52 Å². The van der Waals surface area contributed by atoms with Crippen LogP contribution in [0.3, 0.4) is 0 Å². The topological polar surface area (TPSA) is 64.9 Å². The molecule has 0 aliphatic heterocycles. The summed E-state index contributed by atoms with van der Waals surface area (Å²) in [6, 6.07) is 5.74. The van der Waals surface area contributed by atoms with Crippen LogP contribution in [0.25, 0.3) is 0 Å². The molecule has 0 aliphatic carbocycles. The maximum atomic E-state index is 5.69. The molecule has 96 valence electrons. The van der Waals surface area contributed by atoms with E-state index in [-0.39, 0.29) is 5.92 Å². The number of anilines is 1. The van der Waals surface area contributed by atoms with Crippen LogP contribution in [0, 0.1) is 0 Å². The first-order valence-corrected chi connectivity index (χ1v) is 7.34. The van der Waals surface area contributed by atoms with Gasteiger partial charge in [-0.25, -0.2) is 0 Å². The Kier molecular flexibility index (Phi) is 4.29. The third-order valence-electron chi connectivity index (χ3n) is 2.29. The lowest BCUT2D eigenvalue weighted by atomic mass is 10.2. The van der Waals surface area contributed by atoms with Gasteiger partial charge in [-0.05, 0) is 34.1 Å². The van der Waals surface area contributed by atoms with Crippen molar-refractivity contribution in [1.29, 1.82) is 0 Å². The molecule has 1 aromatic carbocycles. The Hall–Kier alpha value is -1.01. The van der Waals surface area contributed by atoms with E-state index in [1.807, 2.05) is 32.0 Å². The number of nitrogen functional groups attached to an aromatic ring is 1. The van der Waals surface area contributed by atoms with Crippen molar-refractivity contribution in [3.63, 3.8) is 0 Å². The van der Waals surface area contributed by atoms with Crippen molar-refractivity contribution in [1.82, 2.24) is 10.1 Å². The van der Waals surface area contributed by atoms with Crippen LogP contribution in [0.5, 0.6) is 0 Å². The molecule has 2 rings (SSSR count). The van der Waals surface area contributed by atoms with Crippen LogP contribution in [-0.4, -0.2) is 10.1 Å². The van der Waals surface area contributed by atoms with Crippen molar-refractivity contribution in [3.8, 4) is 0 Å². The van der Waals surface area contributed by atoms with Crippen LogP contribution in [-0.2, 0) is 5.75 Å². The number of nitrogens with zero attached hydrogens (tertiary/aromatic N) is 2. The number of rotatable bonds is 4. The van der Waals surface area contributed by atoms with Gasteiger partial charge in [0.2, 0.25) is 5.89 Å². The fourth-order valence-electron chi connectivity index (χ4n) is 1.34. The molecule has 0 bridgehead atoms. The Morgan fingerprint density at radius 2 is 2.22 bits per heavy atom. The first-order chi connectivity index (χ1) is 8.56. The highest BCUT2D eigenvalue weighted by Gasteiger charge is 2.10. The first-order valence-electron chi connectivity index (χ1n) is 5.56. The van der Waals surface area contributed by atoms with Gasteiger partial charge in [-0.3, -0.25) is 0 Å². The van der Waals surface area contributed by atoms with Gasteiger partial charge in [0, 0.05) is 21.0 Å². The minimum Gasteiger partial charge on any atom is -0.399 e. The molecule has 0 fully saturated rings. The lowest BCUT2D eigenvalue weighted by Crippen LogP contribution is -1.89. The van der Waals surface area contributed by atoms with Crippen LogP contribution in [0.2, 0.25) is 0 Å². The minimum atomic E-state index is 0.263. The normalized spacial score (nSPS) is 11.1. The Bertz CT molecular complexity index is 542. The zero-order valence-electron chi connectivity index (χ0n) is 10.2. The molecule has 6 heteroatoms. The predicted molar refractivity (Wildman–Crippen MR) is 76.5 cm³/mol. The quantitative estimate of drug-likeness (QED) is 0.682. The molecule has 4 nitrogen and oxygen atoms in total. The predicted octanol–water partition coefficient (Wildman–Crippen LogP) is 3.83. The van der Waals surface area contributed by atoms with E-state index < -0.39 is 0 Å². The minimum absolute atomic E-state index is 0.263. The van der Waals surface area contributed by atoms with E-state index in [1.165, 1.54) is 0 Å². The standard InChI is InChI=1S/C12H14BrN3OS/c1-7(2)12-15-11(16-17-12)6-18-10-4-3-8(14)5-9(10)13/h3-5,7H,6,14H2,1-2H3. The van der Waals surface area contributed by atoms with Crippen LogP contribution in [0.15, 0.2) is 32.1 Å². The second-order valence-electron chi connectivity index (χ2n) is 4.18. The van der Waals surface area contributed by atoms with E-state index in [0.29, 0.717) is 17.5 Å². The molecule has 0 atom stereocenters. The van der Waals surface area contributed by atoms with Gasteiger partial charge >= 0.3 is 0 Å². The third-order valence-corrected chi connectivity index (χ3v) is 4.28. The van der Waals surface area contributed by atoms with E-state index >= 15 is 0 Å². The number of benzene rings is 1. The summed E-state index contributed by atoms with van der Waals surface area (Å²) in [5, 5.41) is 3.95. The maximum absolute atomic E-state index is 5.69. The van der Waals surface area contributed by atoms with Crippen molar-refractivity contribution in [2.45, 2.75) is 30.4 Å². The van der Waals surface area contributed by atoms with Crippen LogP contribution in [0.1, 0.15) is 31.5 Å². The van der Waals surface area contributed by atoms with Crippen LogP contribution < -0.4 is 5.73 Å². The molecule has 2 aromatic rings. The van der Waals surface area contributed by atoms with E-state index in [2.05, 4.69) is 26.1 Å². The monoisotopic (exact) mass is 327 g/mol. The summed E-state index contributed by atoms with van der Waals surface area (Å²) in [5.74, 6) is 2.34. The highest BCUT2D eigenvalue weighted by Crippen LogP contribution is 2.31. The highest BCUT2D eigenvalue weighted by atomic mass is 79.9. The van der Waals surface area contributed by atoms with Gasteiger partial charge in [-0.2, -0.15) is 4.98 Å². The molecule has 0 aliphatic rings. The molecule has 1 heterocycles. The smallest absolute Gasteiger partial charge is 0.229 e. The SMILES string of the molecule is CC(C)c1nc(CSc2ccc(N)cc2Br)no1. The molecule has 0 spiro atoms. The van der Waals surface area contributed by atoms with E-state index in [4.69, 9.17) is 10.3 Å². The summed E-state index contributed by atoms with van der Waals surface area (Å²) < 4.78 is 6.14. The fourth-order valence-corrected chi connectivity index (χ4v) is 2.84. The number of thioether (sulfide) groups is 1. The summed E-state index contributed by atoms with van der Waals surface area (Å²) in [6.45, 7) is 4.06. The van der Waals surface area contributed by atoms with Crippen LogP contribution in [0.4, 0.5) is 5.69 Å². The average Bonchev–Trinajstić information content (AvgIpc) is 2.76. The number of aromatic nitrogens is 2. The van der Waals surface area contributed by atoms with Gasteiger partial charge < -0.3 is 10.3 Å². The second-order valence-corrected chi connectivity index (χ2v) is 6.05. The van der Waals surface area contributed by atoms with Crippen molar-refractivity contribution in [3.05, 3.63) is 34.4 Å². The molecule has 0 radical (unpaired) electrons. The molecule has 2 N–H and O–H groups in total. The Morgan fingerprint density at radius 3 is 2.83 bits per heavy atom. The number of halogens is 1. The van der Waals surface area contributed by atoms with E-state index in [1.54, 1.807) is 11.8 Å². The summed E-state index contributed by atoms with van der Waals surface area (Å²) in [5.41, 5.74) is 6.44. The Balaban J connectivity index is 2.02. The highest BCUT2D eigenvalue weighted by molar-refractivity contribution is 9.10. The molecular formula is C12H14BrN3OS. The lowest BCUT2D eigenvalue weighted by Gasteiger charge is -2.03. The zero-order chi connectivity index (χ0) is 13.1. The van der Waals surface area contributed by atoms with Crippen LogP contribution >= 0.6 is 27.7 Å². The third kappa shape index (κ3) is 3.26.